The Labute approximate surface area is 167 Å². The predicted molar refractivity (Wildman–Crippen MR) is 111 cm³/mol. The molecule has 0 bridgehead atoms. The molecule has 1 aliphatic heterocycles. The topological polar surface area (TPSA) is 68.8 Å². The van der Waals surface area contributed by atoms with Crippen LogP contribution in [0, 0.1) is 0 Å². The summed E-state index contributed by atoms with van der Waals surface area (Å²) in [7, 11) is 1.79. The molecular weight excluding hydrogens is 372 g/mol. The molecule has 0 radical (unpaired) electrons. The first-order valence-corrected chi connectivity index (χ1v) is 11.0. The molecular formula is C20H24N6OS. The quantitative estimate of drug-likeness (QED) is 0.617. The lowest BCUT2D eigenvalue weighted by Gasteiger charge is -2.27. The van der Waals surface area contributed by atoms with Crippen LogP contribution in [-0.4, -0.2) is 37.4 Å². The molecule has 0 atom stereocenters. The van der Waals surface area contributed by atoms with Crippen LogP contribution >= 0.6 is 11.8 Å². The molecule has 2 aromatic heterocycles. The van der Waals surface area contributed by atoms with Crippen molar-refractivity contribution in [3.05, 3.63) is 40.4 Å². The summed E-state index contributed by atoms with van der Waals surface area (Å²) in [5, 5.41) is 10.6. The largest absolute Gasteiger partial charge is 0.341 e. The molecule has 1 aliphatic carbocycles. The van der Waals surface area contributed by atoms with E-state index in [4.69, 9.17) is 4.98 Å². The van der Waals surface area contributed by atoms with Gasteiger partial charge in [0.1, 0.15) is 5.82 Å². The normalized spacial score (nSPS) is 17.4. The Morgan fingerprint density at radius 3 is 2.68 bits per heavy atom. The summed E-state index contributed by atoms with van der Waals surface area (Å²) in [6.45, 7) is 2.13. The van der Waals surface area contributed by atoms with Gasteiger partial charge in [0.15, 0.2) is 5.16 Å². The predicted octanol–water partition coefficient (Wildman–Crippen LogP) is 3.14. The Kier molecular flexibility index (Phi) is 4.58. The van der Waals surface area contributed by atoms with Crippen LogP contribution in [-0.2, 0) is 12.8 Å². The van der Waals surface area contributed by atoms with Gasteiger partial charge in [0.05, 0.1) is 16.7 Å². The summed E-state index contributed by atoms with van der Waals surface area (Å²) in [4.78, 5) is 19.7. The van der Waals surface area contributed by atoms with Crippen LogP contribution in [0.1, 0.15) is 44.0 Å². The van der Waals surface area contributed by atoms with E-state index in [-0.39, 0.29) is 5.56 Å². The third-order valence-corrected chi connectivity index (χ3v) is 6.54. The van der Waals surface area contributed by atoms with Gasteiger partial charge in [0.2, 0.25) is 5.95 Å². The first kappa shape index (κ1) is 17.7. The Hall–Kier alpha value is -2.35. The molecule has 146 valence electrons. The number of benzene rings is 1. The Balaban J connectivity index is 1.43. The van der Waals surface area contributed by atoms with Crippen LogP contribution in [0.15, 0.2) is 34.2 Å². The van der Waals surface area contributed by atoms with Crippen molar-refractivity contribution < 1.29 is 0 Å². The van der Waals surface area contributed by atoms with Crippen LogP contribution < -0.4 is 10.5 Å². The fraction of sp³-hybridized carbons (Fsp3) is 0.500. The van der Waals surface area contributed by atoms with Crippen molar-refractivity contribution in [2.75, 3.05) is 18.0 Å². The van der Waals surface area contributed by atoms with Gasteiger partial charge in [-0.15, -0.1) is 10.2 Å². The Morgan fingerprint density at radius 1 is 1.11 bits per heavy atom. The maximum Gasteiger partial charge on any atom is 0.261 e. The van der Waals surface area contributed by atoms with Crippen LogP contribution in [0.5, 0.6) is 0 Å². The van der Waals surface area contributed by atoms with Crippen molar-refractivity contribution in [1.29, 1.82) is 0 Å². The van der Waals surface area contributed by atoms with E-state index >= 15 is 0 Å². The number of aromatic nitrogens is 5. The van der Waals surface area contributed by atoms with E-state index in [9.17, 15) is 4.79 Å². The summed E-state index contributed by atoms with van der Waals surface area (Å²) < 4.78 is 3.97. The standard InChI is InChI=1S/C20H24N6OS/c1-24-17(21-16-8-4-3-7-15(16)18(24)27)13-28-20-23-22-19(26(20)14-9-10-14)25-11-5-2-6-12-25/h3-4,7-8,14H,2,5-6,9-13H2,1H3. The van der Waals surface area contributed by atoms with Gasteiger partial charge >= 0.3 is 0 Å². The first-order chi connectivity index (χ1) is 13.7. The highest BCUT2D eigenvalue weighted by Gasteiger charge is 2.32. The molecule has 0 amide bonds. The molecule has 28 heavy (non-hydrogen) atoms. The second-order valence-corrected chi connectivity index (χ2v) is 8.57. The van der Waals surface area contributed by atoms with Gasteiger partial charge < -0.3 is 4.90 Å². The molecule has 8 heteroatoms. The van der Waals surface area contributed by atoms with Crippen molar-refractivity contribution in [2.24, 2.45) is 7.05 Å². The van der Waals surface area contributed by atoms with Crippen LogP contribution in [0.4, 0.5) is 5.95 Å². The number of anilines is 1. The van der Waals surface area contributed by atoms with Crippen molar-refractivity contribution in [3.8, 4) is 0 Å². The lowest BCUT2D eigenvalue weighted by atomic mass is 10.1. The molecule has 5 rings (SSSR count). The molecule has 3 heterocycles. The molecule has 1 aromatic carbocycles. The molecule has 3 aromatic rings. The maximum atomic E-state index is 12.6. The third-order valence-electron chi connectivity index (χ3n) is 5.60. The van der Waals surface area contributed by atoms with Crippen LogP contribution in [0.3, 0.4) is 0 Å². The summed E-state index contributed by atoms with van der Waals surface area (Å²) in [5.41, 5.74) is 0.748. The Morgan fingerprint density at radius 2 is 1.89 bits per heavy atom. The smallest absolute Gasteiger partial charge is 0.261 e. The number of thioether (sulfide) groups is 1. The average molecular weight is 397 g/mol. The van der Waals surface area contributed by atoms with Gasteiger partial charge in [-0.05, 0) is 44.2 Å². The van der Waals surface area contributed by atoms with Gasteiger partial charge in [-0.25, -0.2) is 4.98 Å². The second-order valence-electron chi connectivity index (χ2n) is 7.63. The molecule has 1 saturated carbocycles. The second kappa shape index (κ2) is 7.24. The number of piperidine rings is 1. The highest BCUT2D eigenvalue weighted by Crippen LogP contribution is 2.41. The summed E-state index contributed by atoms with van der Waals surface area (Å²) >= 11 is 1.63. The minimum Gasteiger partial charge on any atom is -0.341 e. The summed E-state index contributed by atoms with van der Waals surface area (Å²) in [6, 6.07) is 8.03. The highest BCUT2D eigenvalue weighted by atomic mass is 32.2. The maximum absolute atomic E-state index is 12.6. The monoisotopic (exact) mass is 396 g/mol. The fourth-order valence-corrected chi connectivity index (χ4v) is 4.84. The molecule has 2 fully saturated rings. The molecule has 1 saturated heterocycles. The SMILES string of the molecule is Cn1c(CSc2nnc(N3CCCCC3)n2C2CC2)nc2ccccc2c1=O. The van der Waals surface area contributed by atoms with Gasteiger partial charge in [0, 0.05) is 26.2 Å². The molecule has 0 spiro atoms. The van der Waals surface area contributed by atoms with Crippen LogP contribution in [0.25, 0.3) is 10.9 Å². The van der Waals surface area contributed by atoms with Crippen molar-refractivity contribution in [1.82, 2.24) is 24.3 Å². The van der Waals surface area contributed by atoms with Gasteiger partial charge in [-0.3, -0.25) is 13.9 Å². The molecule has 2 aliphatic rings. The number of hydrogen-bond donors (Lipinski definition) is 0. The zero-order valence-corrected chi connectivity index (χ0v) is 16.9. The fourth-order valence-electron chi connectivity index (χ4n) is 3.85. The highest BCUT2D eigenvalue weighted by molar-refractivity contribution is 7.98. The lowest BCUT2D eigenvalue weighted by molar-refractivity contribution is 0.548. The van der Waals surface area contributed by atoms with Crippen molar-refractivity contribution in [3.63, 3.8) is 0 Å². The van der Waals surface area contributed by atoms with E-state index in [1.54, 1.807) is 23.4 Å². The number of hydrogen-bond acceptors (Lipinski definition) is 6. The van der Waals surface area contributed by atoms with Crippen LogP contribution in [0.2, 0.25) is 0 Å². The average Bonchev–Trinajstić information content (AvgIpc) is 3.49. The minimum atomic E-state index is -0.00105. The van der Waals surface area contributed by atoms with E-state index in [0.717, 1.165) is 35.5 Å². The summed E-state index contributed by atoms with van der Waals surface area (Å²) in [5.74, 6) is 2.38. The van der Waals surface area contributed by atoms with Crippen molar-refractivity contribution in [2.45, 2.75) is 49.1 Å². The summed E-state index contributed by atoms with van der Waals surface area (Å²) in [6.07, 6.45) is 6.14. The zero-order valence-electron chi connectivity index (χ0n) is 16.0. The number of para-hydroxylation sites is 1. The van der Waals surface area contributed by atoms with E-state index < -0.39 is 0 Å². The van der Waals surface area contributed by atoms with Crippen molar-refractivity contribution >= 4 is 28.6 Å². The molecule has 7 nitrogen and oxygen atoms in total. The molecule has 0 unspecified atom stereocenters. The molecule has 0 N–H and O–H groups in total. The van der Waals surface area contributed by atoms with Gasteiger partial charge in [0.25, 0.3) is 5.56 Å². The third kappa shape index (κ3) is 3.19. The van der Waals surface area contributed by atoms with E-state index in [1.165, 1.54) is 32.1 Å². The lowest BCUT2D eigenvalue weighted by Crippen LogP contribution is -2.31. The Bertz CT molecular complexity index is 1060. The number of rotatable bonds is 5. The van der Waals surface area contributed by atoms with E-state index in [2.05, 4.69) is 19.7 Å². The minimum absolute atomic E-state index is 0.00105. The first-order valence-electron chi connectivity index (χ1n) is 9.99. The van der Waals surface area contributed by atoms with E-state index in [1.807, 2.05) is 24.3 Å². The number of fused-ring (bicyclic) bond motifs is 1. The van der Waals surface area contributed by atoms with Gasteiger partial charge in [-0.2, -0.15) is 0 Å². The zero-order chi connectivity index (χ0) is 19.1. The number of nitrogens with zero attached hydrogens (tertiary/aromatic N) is 6. The van der Waals surface area contributed by atoms with E-state index in [0.29, 0.717) is 17.2 Å². The van der Waals surface area contributed by atoms with Gasteiger partial charge in [-0.1, -0.05) is 23.9 Å².